The van der Waals surface area contributed by atoms with Gasteiger partial charge in [-0.15, -0.1) is 0 Å². The topological polar surface area (TPSA) is 35.2 Å². The van der Waals surface area contributed by atoms with E-state index in [9.17, 15) is 8.78 Å². The zero-order valence-electron chi connectivity index (χ0n) is 10.5. The number of ether oxygens (including phenoxy) is 1. The first kappa shape index (κ1) is 13.9. The molecular formula is C13H19F2NO. The molecule has 1 rings (SSSR count). The maximum atomic E-state index is 12.2. The highest BCUT2D eigenvalue weighted by Gasteiger charge is 2.12. The van der Waals surface area contributed by atoms with E-state index in [1.165, 1.54) is 0 Å². The summed E-state index contributed by atoms with van der Waals surface area (Å²) < 4.78 is 28.9. The van der Waals surface area contributed by atoms with E-state index in [0.29, 0.717) is 0 Å². The average Bonchev–Trinajstić information content (AvgIpc) is 2.23. The second-order valence-electron chi connectivity index (χ2n) is 4.31. The van der Waals surface area contributed by atoms with E-state index >= 15 is 0 Å². The van der Waals surface area contributed by atoms with Crippen LogP contribution in [0.1, 0.15) is 30.0 Å². The summed E-state index contributed by atoms with van der Waals surface area (Å²) in [6.07, 6.45) is 1.65. The Kier molecular flexibility index (Phi) is 4.87. The van der Waals surface area contributed by atoms with Crippen LogP contribution in [0.15, 0.2) is 12.1 Å². The van der Waals surface area contributed by atoms with Gasteiger partial charge in [-0.25, -0.2) is 0 Å². The minimum Gasteiger partial charge on any atom is -0.434 e. The molecule has 1 atom stereocenters. The first-order chi connectivity index (χ1) is 7.93. The van der Waals surface area contributed by atoms with Gasteiger partial charge in [0.05, 0.1) is 0 Å². The van der Waals surface area contributed by atoms with Gasteiger partial charge in [0.15, 0.2) is 0 Å². The summed E-state index contributed by atoms with van der Waals surface area (Å²) in [6, 6.07) is 3.83. The number of hydrogen-bond acceptors (Lipinski definition) is 2. The number of halogens is 2. The largest absolute Gasteiger partial charge is 0.434 e. The minimum absolute atomic E-state index is 0.107. The van der Waals surface area contributed by atoms with Gasteiger partial charge in [-0.3, -0.25) is 0 Å². The van der Waals surface area contributed by atoms with Gasteiger partial charge in [0.2, 0.25) is 0 Å². The van der Waals surface area contributed by atoms with E-state index in [1.807, 2.05) is 19.1 Å². The van der Waals surface area contributed by atoms with Crippen LogP contribution in [0, 0.1) is 13.8 Å². The Balaban J connectivity index is 2.92. The lowest BCUT2D eigenvalue weighted by atomic mass is 9.99. The lowest BCUT2D eigenvalue weighted by Gasteiger charge is -2.15. The van der Waals surface area contributed by atoms with Crippen LogP contribution >= 0.6 is 0 Å². The van der Waals surface area contributed by atoms with Gasteiger partial charge in [-0.05, 0) is 43.4 Å². The Bertz CT molecular complexity index is 357. The molecule has 96 valence electrons. The molecule has 0 aliphatic rings. The van der Waals surface area contributed by atoms with Gasteiger partial charge in [0.25, 0.3) is 0 Å². The van der Waals surface area contributed by atoms with Crippen LogP contribution in [0.2, 0.25) is 0 Å². The quantitative estimate of drug-likeness (QED) is 0.862. The fourth-order valence-corrected chi connectivity index (χ4v) is 1.88. The third-order valence-electron chi connectivity index (χ3n) is 2.75. The highest BCUT2D eigenvalue weighted by atomic mass is 19.3. The number of hydrogen-bond donors (Lipinski definition) is 1. The van der Waals surface area contributed by atoms with Crippen LogP contribution in [0.5, 0.6) is 5.75 Å². The van der Waals surface area contributed by atoms with E-state index in [1.54, 1.807) is 13.8 Å². The van der Waals surface area contributed by atoms with Gasteiger partial charge in [-0.2, -0.15) is 8.78 Å². The van der Waals surface area contributed by atoms with Crippen molar-refractivity contribution < 1.29 is 13.5 Å². The molecule has 0 bridgehead atoms. The third kappa shape index (κ3) is 3.97. The van der Waals surface area contributed by atoms with Crippen molar-refractivity contribution in [2.45, 2.75) is 46.3 Å². The average molecular weight is 243 g/mol. The van der Waals surface area contributed by atoms with Gasteiger partial charge < -0.3 is 10.5 Å². The normalized spacial score (nSPS) is 12.9. The molecule has 1 unspecified atom stereocenters. The molecule has 0 saturated carbocycles. The van der Waals surface area contributed by atoms with Crippen molar-refractivity contribution in [1.82, 2.24) is 0 Å². The summed E-state index contributed by atoms with van der Waals surface area (Å²) in [4.78, 5) is 0. The summed E-state index contributed by atoms with van der Waals surface area (Å²) >= 11 is 0. The number of rotatable bonds is 5. The molecule has 2 N–H and O–H groups in total. The molecule has 0 heterocycles. The fraction of sp³-hybridized carbons (Fsp3) is 0.538. The maximum absolute atomic E-state index is 12.2. The van der Waals surface area contributed by atoms with Crippen LogP contribution < -0.4 is 10.5 Å². The molecule has 0 spiro atoms. The second-order valence-corrected chi connectivity index (χ2v) is 4.31. The van der Waals surface area contributed by atoms with Crippen molar-refractivity contribution in [1.29, 1.82) is 0 Å². The van der Waals surface area contributed by atoms with Crippen molar-refractivity contribution in [3.63, 3.8) is 0 Å². The monoisotopic (exact) mass is 243 g/mol. The van der Waals surface area contributed by atoms with E-state index in [0.717, 1.165) is 29.5 Å². The van der Waals surface area contributed by atoms with Crippen molar-refractivity contribution in [3.05, 3.63) is 28.8 Å². The smallest absolute Gasteiger partial charge is 0.387 e. The van der Waals surface area contributed by atoms with Crippen LogP contribution in [-0.2, 0) is 6.42 Å². The second kappa shape index (κ2) is 5.96. The van der Waals surface area contributed by atoms with Gasteiger partial charge in [-0.1, -0.05) is 19.1 Å². The molecule has 0 fully saturated rings. The van der Waals surface area contributed by atoms with Crippen molar-refractivity contribution in [2.75, 3.05) is 0 Å². The molecule has 0 aliphatic carbocycles. The predicted octanol–water partition coefficient (Wildman–Crippen LogP) is 3.18. The Hall–Kier alpha value is -1.16. The van der Waals surface area contributed by atoms with Crippen LogP contribution in [0.25, 0.3) is 0 Å². The predicted molar refractivity (Wildman–Crippen MR) is 64.5 cm³/mol. The van der Waals surface area contributed by atoms with Gasteiger partial charge in [0.1, 0.15) is 5.75 Å². The molecule has 0 aliphatic heterocycles. The van der Waals surface area contributed by atoms with Crippen LogP contribution in [-0.4, -0.2) is 12.7 Å². The standard InChI is InChI=1S/C13H19F2NO/c1-4-11(16)7-10-5-8(2)12(9(3)6-10)17-13(14)15/h5-6,11,13H,4,7,16H2,1-3H3. The van der Waals surface area contributed by atoms with Gasteiger partial charge in [0, 0.05) is 6.04 Å². The Morgan fingerprint density at radius 2 is 1.76 bits per heavy atom. The summed E-state index contributed by atoms with van der Waals surface area (Å²) in [7, 11) is 0. The number of benzene rings is 1. The number of alkyl halides is 2. The van der Waals surface area contributed by atoms with E-state index in [-0.39, 0.29) is 11.8 Å². The van der Waals surface area contributed by atoms with Crippen molar-refractivity contribution in [3.8, 4) is 5.75 Å². The fourth-order valence-electron chi connectivity index (χ4n) is 1.88. The highest BCUT2D eigenvalue weighted by molar-refractivity contribution is 5.43. The third-order valence-corrected chi connectivity index (χ3v) is 2.75. The SMILES string of the molecule is CCC(N)Cc1cc(C)c(OC(F)F)c(C)c1. The number of nitrogens with two attached hydrogens (primary N) is 1. The molecular weight excluding hydrogens is 224 g/mol. The van der Waals surface area contributed by atoms with Crippen molar-refractivity contribution >= 4 is 0 Å². The van der Waals surface area contributed by atoms with E-state index in [4.69, 9.17) is 5.73 Å². The lowest BCUT2D eigenvalue weighted by molar-refractivity contribution is -0.0507. The van der Waals surface area contributed by atoms with Crippen LogP contribution in [0.3, 0.4) is 0 Å². The first-order valence-corrected chi connectivity index (χ1v) is 5.74. The molecule has 0 radical (unpaired) electrons. The zero-order valence-corrected chi connectivity index (χ0v) is 10.5. The van der Waals surface area contributed by atoms with E-state index in [2.05, 4.69) is 4.74 Å². The summed E-state index contributed by atoms with van der Waals surface area (Å²) in [5.74, 6) is 0.272. The molecule has 2 nitrogen and oxygen atoms in total. The Morgan fingerprint density at radius 3 is 2.18 bits per heavy atom. The van der Waals surface area contributed by atoms with E-state index < -0.39 is 6.61 Å². The molecule has 0 saturated heterocycles. The first-order valence-electron chi connectivity index (χ1n) is 5.74. The Morgan fingerprint density at radius 1 is 1.24 bits per heavy atom. The summed E-state index contributed by atoms with van der Waals surface area (Å²) in [6.45, 7) is 2.78. The molecule has 4 heteroatoms. The molecule has 0 amide bonds. The molecule has 1 aromatic carbocycles. The maximum Gasteiger partial charge on any atom is 0.387 e. The Labute approximate surface area is 101 Å². The van der Waals surface area contributed by atoms with Crippen LogP contribution in [0.4, 0.5) is 8.78 Å². The van der Waals surface area contributed by atoms with Crippen molar-refractivity contribution in [2.24, 2.45) is 5.73 Å². The molecule has 1 aromatic rings. The zero-order chi connectivity index (χ0) is 13.0. The highest BCUT2D eigenvalue weighted by Crippen LogP contribution is 2.26. The molecule has 0 aromatic heterocycles. The summed E-state index contributed by atoms with van der Waals surface area (Å²) in [5, 5.41) is 0. The molecule has 17 heavy (non-hydrogen) atoms. The van der Waals surface area contributed by atoms with Gasteiger partial charge >= 0.3 is 6.61 Å². The number of aryl methyl sites for hydroxylation is 2. The minimum atomic E-state index is -2.78. The summed E-state index contributed by atoms with van der Waals surface area (Å²) in [5.41, 5.74) is 8.39. The lowest BCUT2D eigenvalue weighted by Crippen LogP contribution is -2.21.